The summed E-state index contributed by atoms with van der Waals surface area (Å²) in [6.07, 6.45) is 0. The van der Waals surface area contributed by atoms with Gasteiger partial charge >= 0.3 is 11.9 Å². The smallest absolute Gasteiger partial charge is 0.376 e. The van der Waals surface area contributed by atoms with E-state index in [0.29, 0.717) is 21.6 Å². The van der Waals surface area contributed by atoms with Crippen LogP contribution in [0.4, 0.5) is 0 Å². The van der Waals surface area contributed by atoms with Crippen molar-refractivity contribution in [2.45, 2.75) is 38.2 Å². The van der Waals surface area contributed by atoms with Gasteiger partial charge in [-0.2, -0.15) is 0 Å². The van der Waals surface area contributed by atoms with E-state index < -0.39 is 45.6 Å². The number of carbonyl (C=O) groups is 6. The van der Waals surface area contributed by atoms with E-state index in [9.17, 15) is 28.8 Å². The van der Waals surface area contributed by atoms with Crippen molar-refractivity contribution in [2.24, 2.45) is 0 Å². The molecule has 0 spiro atoms. The SMILES string of the molecule is CCOC(=O)C(=O)C(SSC(C(C)=O)C(=O)C(=O)OCC)C(C)=O. The molecule has 8 nitrogen and oxygen atoms in total. The third kappa shape index (κ3) is 6.83. The molecule has 0 aromatic rings. The normalized spacial score (nSPS) is 12.7. The molecule has 2 unspecified atom stereocenters. The van der Waals surface area contributed by atoms with Crippen LogP contribution in [-0.4, -0.2) is 58.8 Å². The number of rotatable bonds is 11. The number of ketones is 4. The highest BCUT2D eigenvalue weighted by Crippen LogP contribution is 2.33. The zero-order valence-electron chi connectivity index (χ0n) is 13.7. The fourth-order valence-corrected chi connectivity index (χ4v) is 4.19. The Hall–Kier alpha value is -1.68. The predicted molar refractivity (Wildman–Crippen MR) is 87.4 cm³/mol. The van der Waals surface area contributed by atoms with Gasteiger partial charge < -0.3 is 9.47 Å². The standard InChI is InChI=1S/C14H18O8S2/c1-5-21-13(19)9(17)11(7(3)15)23-24-12(8(4)16)10(18)14(20)22-6-2/h11-12H,5-6H2,1-4H3. The highest BCUT2D eigenvalue weighted by atomic mass is 33.1. The minimum Gasteiger partial charge on any atom is -0.460 e. The van der Waals surface area contributed by atoms with E-state index in [4.69, 9.17) is 0 Å². The van der Waals surface area contributed by atoms with Crippen molar-refractivity contribution in [1.29, 1.82) is 0 Å². The zero-order valence-corrected chi connectivity index (χ0v) is 15.3. The summed E-state index contributed by atoms with van der Waals surface area (Å²) in [4.78, 5) is 69.7. The van der Waals surface area contributed by atoms with Gasteiger partial charge in [0.25, 0.3) is 11.6 Å². The predicted octanol–water partition coefficient (Wildman–Crippen LogP) is 0.547. The van der Waals surface area contributed by atoms with Crippen molar-refractivity contribution >= 4 is 56.7 Å². The second-order valence-corrected chi connectivity index (χ2v) is 6.83. The average Bonchev–Trinajstić information content (AvgIpc) is 2.50. The Kier molecular flexibility index (Phi) is 10.2. The zero-order chi connectivity index (χ0) is 18.9. The van der Waals surface area contributed by atoms with E-state index in [1.54, 1.807) is 0 Å². The molecule has 0 aromatic heterocycles. The number of hydrogen-bond donors (Lipinski definition) is 0. The molecule has 0 saturated carbocycles. The summed E-state index contributed by atoms with van der Waals surface area (Å²) < 4.78 is 9.07. The molecule has 2 atom stereocenters. The Morgan fingerprint density at radius 1 is 0.708 bits per heavy atom. The number of Topliss-reactive ketones (excluding diaryl/α,β-unsaturated/α-hetero) is 4. The molecular formula is C14H18O8S2. The summed E-state index contributed by atoms with van der Waals surface area (Å²) in [5, 5.41) is -2.88. The topological polar surface area (TPSA) is 121 Å². The van der Waals surface area contributed by atoms with Crippen LogP contribution in [-0.2, 0) is 38.2 Å². The minimum absolute atomic E-state index is 0.0373. The van der Waals surface area contributed by atoms with E-state index in [-0.39, 0.29) is 13.2 Å². The fourth-order valence-electron chi connectivity index (χ4n) is 1.32. The van der Waals surface area contributed by atoms with Crippen LogP contribution >= 0.6 is 21.6 Å². The van der Waals surface area contributed by atoms with Crippen LogP contribution in [0.5, 0.6) is 0 Å². The Bertz CT molecular complexity index is 495. The van der Waals surface area contributed by atoms with Gasteiger partial charge in [0.15, 0.2) is 11.6 Å². The summed E-state index contributed by atoms with van der Waals surface area (Å²) in [5.74, 6) is -5.82. The summed E-state index contributed by atoms with van der Waals surface area (Å²) in [6, 6.07) is 0. The van der Waals surface area contributed by atoms with Gasteiger partial charge in [-0.05, 0) is 27.7 Å². The number of esters is 2. The van der Waals surface area contributed by atoms with Crippen LogP contribution in [0.3, 0.4) is 0 Å². The van der Waals surface area contributed by atoms with Crippen molar-refractivity contribution in [2.75, 3.05) is 13.2 Å². The van der Waals surface area contributed by atoms with Gasteiger partial charge in [-0.1, -0.05) is 21.6 Å². The van der Waals surface area contributed by atoms with Gasteiger partial charge in [0, 0.05) is 0 Å². The quantitative estimate of drug-likeness (QED) is 0.218. The second kappa shape index (κ2) is 11.0. The van der Waals surface area contributed by atoms with Crippen LogP contribution in [0.1, 0.15) is 27.7 Å². The van der Waals surface area contributed by atoms with E-state index in [1.165, 1.54) is 13.8 Å². The molecule has 0 aliphatic heterocycles. The molecular weight excluding hydrogens is 360 g/mol. The first-order chi connectivity index (χ1) is 11.2. The highest BCUT2D eigenvalue weighted by Gasteiger charge is 2.36. The summed E-state index contributed by atoms with van der Waals surface area (Å²) in [6.45, 7) is 5.10. The Morgan fingerprint density at radius 2 is 1.00 bits per heavy atom. The maximum atomic E-state index is 11.9. The molecule has 0 saturated heterocycles. The molecule has 10 heteroatoms. The van der Waals surface area contributed by atoms with E-state index in [2.05, 4.69) is 9.47 Å². The molecule has 0 aliphatic carbocycles. The summed E-state index contributed by atoms with van der Waals surface area (Å²) >= 11 is 0. The number of hydrogen-bond acceptors (Lipinski definition) is 10. The summed E-state index contributed by atoms with van der Waals surface area (Å²) in [5.41, 5.74) is 0. The maximum absolute atomic E-state index is 11.9. The average molecular weight is 378 g/mol. The Balaban J connectivity index is 5.09. The van der Waals surface area contributed by atoms with E-state index in [0.717, 1.165) is 13.8 Å². The van der Waals surface area contributed by atoms with Crippen molar-refractivity contribution in [3.63, 3.8) is 0 Å². The van der Waals surface area contributed by atoms with Gasteiger partial charge in [0.05, 0.1) is 13.2 Å². The van der Waals surface area contributed by atoms with Gasteiger partial charge in [0.2, 0.25) is 0 Å². The lowest BCUT2D eigenvalue weighted by atomic mass is 10.2. The second-order valence-electron chi connectivity index (χ2n) is 4.34. The van der Waals surface area contributed by atoms with Crippen LogP contribution in [0.2, 0.25) is 0 Å². The fraction of sp³-hybridized carbons (Fsp3) is 0.571. The molecule has 24 heavy (non-hydrogen) atoms. The molecule has 0 fully saturated rings. The Morgan fingerprint density at radius 3 is 1.21 bits per heavy atom. The molecule has 0 rings (SSSR count). The first-order valence-electron chi connectivity index (χ1n) is 6.92. The highest BCUT2D eigenvalue weighted by molar-refractivity contribution is 8.77. The van der Waals surface area contributed by atoms with Gasteiger partial charge in [-0.3, -0.25) is 19.2 Å². The first kappa shape index (κ1) is 22.3. The number of ether oxygens (including phenoxy) is 2. The summed E-state index contributed by atoms with van der Waals surface area (Å²) in [7, 11) is 1.12. The van der Waals surface area contributed by atoms with Crippen molar-refractivity contribution < 1.29 is 38.2 Å². The molecule has 0 heterocycles. The molecule has 0 amide bonds. The lowest BCUT2D eigenvalue weighted by Crippen LogP contribution is -2.35. The van der Waals surface area contributed by atoms with E-state index in [1.807, 2.05) is 0 Å². The van der Waals surface area contributed by atoms with Crippen molar-refractivity contribution in [3.8, 4) is 0 Å². The number of carbonyl (C=O) groups excluding carboxylic acids is 6. The lowest BCUT2D eigenvalue weighted by molar-refractivity contribution is -0.154. The first-order valence-corrected chi connectivity index (χ1v) is 9.19. The van der Waals surface area contributed by atoms with E-state index >= 15 is 0 Å². The van der Waals surface area contributed by atoms with Crippen molar-refractivity contribution in [3.05, 3.63) is 0 Å². The third-order valence-electron chi connectivity index (χ3n) is 2.42. The van der Waals surface area contributed by atoms with Crippen LogP contribution < -0.4 is 0 Å². The molecule has 134 valence electrons. The Labute approximate surface area is 146 Å². The minimum atomic E-state index is -1.44. The molecule has 0 aromatic carbocycles. The maximum Gasteiger partial charge on any atom is 0.376 e. The van der Waals surface area contributed by atoms with Gasteiger partial charge in [-0.25, -0.2) is 9.59 Å². The van der Waals surface area contributed by atoms with Gasteiger partial charge in [-0.15, -0.1) is 0 Å². The van der Waals surface area contributed by atoms with Gasteiger partial charge in [0.1, 0.15) is 10.5 Å². The third-order valence-corrected chi connectivity index (χ3v) is 5.49. The molecule has 0 N–H and O–H groups in total. The monoisotopic (exact) mass is 378 g/mol. The van der Waals surface area contributed by atoms with Crippen LogP contribution in [0, 0.1) is 0 Å². The molecule has 0 aliphatic rings. The van der Waals surface area contributed by atoms with Crippen molar-refractivity contribution in [1.82, 2.24) is 0 Å². The molecule has 0 radical (unpaired) electrons. The largest absolute Gasteiger partial charge is 0.460 e. The molecule has 0 bridgehead atoms. The van der Waals surface area contributed by atoms with Crippen LogP contribution in [0.25, 0.3) is 0 Å². The lowest BCUT2D eigenvalue weighted by Gasteiger charge is -2.14. The van der Waals surface area contributed by atoms with Crippen LogP contribution in [0.15, 0.2) is 0 Å².